The number of aliphatic hydroxyl groups is 1. The van der Waals surface area contributed by atoms with Crippen LogP contribution in [0.5, 0.6) is 11.5 Å². The van der Waals surface area contributed by atoms with E-state index in [9.17, 15) is 19.5 Å². The molecular weight excluding hydrogens is 460 g/mol. The zero-order valence-corrected chi connectivity index (χ0v) is 19.7. The number of amides is 2. The van der Waals surface area contributed by atoms with Crippen molar-refractivity contribution in [2.45, 2.75) is 32.2 Å². The fourth-order valence-corrected chi connectivity index (χ4v) is 3.67. The maximum Gasteiger partial charge on any atom is 0.358 e. The van der Waals surface area contributed by atoms with Gasteiger partial charge < -0.3 is 14.6 Å². The van der Waals surface area contributed by atoms with Crippen molar-refractivity contribution in [2.24, 2.45) is 0 Å². The molecule has 3 aliphatic heterocycles. The van der Waals surface area contributed by atoms with Crippen molar-refractivity contribution in [3.8, 4) is 11.5 Å². The Morgan fingerprint density at radius 2 is 1.67 bits per heavy atom. The van der Waals surface area contributed by atoms with Crippen LogP contribution in [0, 0.1) is 0 Å². The van der Waals surface area contributed by atoms with Crippen LogP contribution in [0.3, 0.4) is 0 Å². The van der Waals surface area contributed by atoms with Gasteiger partial charge in [0.25, 0.3) is 0 Å². The molecule has 2 atom stereocenters. The summed E-state index contributed by atoms with van der Waals surface area (Å²) in [6.45, 7) is 1.13. The van der Waals surface area contributed by atoms with Crippen LogP contribution in [-0.4, -0.2) is 45.2 Å². The Labute approximate surface area is 208 Å². The van der Waals surface area contributed by atoms with Crippen LogP contribution in [-0.2, 0) is 25.7 Å². The summed E-state index contributed by atoms with van der Waals surface area (Å²) >= 11 is 0. The summed E-state index contributed by atoms with van der Waals surface area (Å²) < 4.78 is 10.1. The summed E-state index contributed by atoms with van der Waals surface area (Å²) in [5.41, 5.74) is 1.68. The van der Waals surface area contributed by atoms with E-state index in [2.05, 4.69) is 0 Å². The molecule has 3 aromatic carbocycles. The lowest BCUT2D eigenvalue weighted by molar-refractivity contribution is -0.212. The van der Waals surface area contributed by atoms with Gasteiger partial charge in [-0.3, -0.25) is 9.59 Å². The highest BCUT2D eigenvalue weighted by Crippen LogP contribution is 2.33. The second-order valence-electron chi connectivity index (χ2n) is 8.19. The van der Waals surface area contributed by atoms with Crippen molar-refractivity contribution in [3.05, 3.63) is 102 Å². The van der Waals surface area contributed by atoms with Crippen molar-refractivity contribution < 1.29 is 29.0 Å². The number of benzene rings is 3. The molecule has 0 spiro atoms. The molecule has 1 fully saturated rings. The molecule has 0 saturated carbocycles. The third kappa shape index (κ3) is 5.97. The lowest BCUT2D eigenvalue weighted by Crippen LogP contribution is -2.65. The summed E-state index contributed by atoms with van der Waals surface area (Å²) in [7, 11) is 0. The number of esters is 1. The minimum absolute atomic E-state index is 0.0479. The van der Waals surface area contributed by atoms with Crippen LogP contribution in [0.2, 0.25) is 0 Å². The summed E-state index contributed by atoms with van der Waals surface area (Å²) in [5.74, 6) is -0.0392. The molecule has 6 rings (SSSR count). The van der Waals surface area contributed by atoms with Gasteiger partial charge in [0, 0.05) is 13.0 Å². The molecule has 3 heterocycles. The highest BCUT2D eigenvalue weighted by atomic mass is 16.6. The Kier molecular flexibility index (Phi) is 7.77. The van der Waals surface area contributed by atoms with Gasteiger partial charge in [-0.05, 0) is 23.3 Å². The number of hydrogen-bond acceptors (Lipinski definition) is 6. The van der Waals surface area contributed by atoms with Gasteiger partial charge in [-0.1, -0.05) is 78.9 Å². The Bertz CT molecular complexity index is 1220. The van der Waals surface area contributed by atoms with E-state index in [1.54, 1.807) is 30.3 Å². The molecule has 3 aromatic rings. The number of carbonyl (C=O) groups is 3. The number of ether oxygens (including phenoxy) is 2. The maximum absolute atomic E-state index is 12.3. The van der Waals surface area contributed by atoms with Gasteiger partial charge in [0.2, 0.25) is 18.0 Å². The second-order valence-corrected chi connectivity index (χ2v) is 8.19. The average Bonchev–Trinajstić information content (AvgIpc) is 2.89. The van der Waals surface area contributed by atoms with Gasteiger partial charge in [-0.2, -0.15) is 0 Å². The number of hydrogen-bond donors (Lipinski definition) is 1. The Morgan fingerprint density at radius 1 is 1.06 bits per heavy atom. The quantitative estimate of drug-likeness (QED) is 0.242. The van der Waals surface area contributed by atoms with Crippen LogP contribution in [0.25, 0.3) is 6.08 Å². The van der Waals surface area contributed by atoms with Crippen LogP contribution in [0.15, 0.2) is 91.0 Å². The number of nitrogens with zero attached hydrogens (tertiary/aromatic N) is 2. The van der Waals surface area contributed by atoms with Crippen LogP contribution in [0.4, 0.5) is 0 Å². The first-order valence-electron chi connectivity index (χ1n) is 11.4. The van der Waals surface area contributed by atoms with Crippen LogP contribution in [0.1, 0.15) is 24.5 Å². The van der Waals surface area contributed by atoms with Crippen LogP contribution < -0.4 is 4.74 Å². The minimum Gasteiger partial charge on any atom is -0.457 e. The van der Waals surface area contributed by atoms with E-state index in [1.165, 1.54) is 6.92 Å². The van der Waals surface area contributed by atoms with Gasteiger partial charge in [0.1, 0.15) is 18.1 Å². The summed E-state index contributed by atoms with van der Waals surface area (Å²) in [4.78, 5) is 36.5. The molecule has 1 saturated heterocycles. The molecule has 0 aliphatic carbocycles. The highest BCUT2D eigenvalue weighted by molar-refractivity contribution is 5.89. The summed E-state index contributed by atoms with van der Waals surface area (Å²) in [6, 6.07) is 25.8. The van der Waals surface area contributed by atoms with E-state index in [0.717, 1.165) is 32.6 Å². The molecule has 3 aliphatic rings. The lowest BCUT2D eigenvalue weighted by atomic mass is 10.0. The Hall–Kier alpha value is -4.43. The number of hydrazine groups is 1. The van der Waals surface area contributed by atoms with Crippen molar-refractivity contribution >= 4 is 23.9 Å². The van der Waals surface area contributed by atoms with Gasteiger partial charge in [-0.15, -0.1) is 0 Å². The molecular formula is C28H26N2O6. The average molecular weight is 487 g/mol. The van der Waals surface area contributed by atoms with Gasteiger partial charge in [0.15, 0.2) is 0 Å². The van der Waals surface area contributed by atoms with E-state index < -0.39 is 24.1 Å². The van der Waals surface area contributed by atoms with E-state index in [1.807, 2.05) is 66.7 Å². The topological polar surface area (TPSA) is 96.4 Å². The molecule has 8 nitrogen and oxygen atoms in total. The predicted octanol–water partition coefficient (Wildman–Crippen LogP) is 3.92. The van der Waals surface area contributed by atoms with E-state index in [-0.39, 0.29) is 18.9 Å². The second kappa shape index (κ2) is 11.3. The third-order valence-electron chi connectivity index (χ3n) is 5.53. The van der Waals surface area contributed by atoms with Gasteiger partial charge >= 0.3 is 5.97 Å². The van der Waals surface area contributed by atoms with E-state index >= 15 is 0 Å². The zero-order chi connectivity index (χ0) is 25.5. The minimum atomic E-state index is -1.91. The first-order valence-corrected chi connectivity index (χ1v) is 11.4. The molecule has 36 heavy (non-hydrogen) atoms. The smallest absolute Gasteiger partial charge is 0.358 e. The standard InChI is InChI=1S/C22H22N2O5.C6H4O/c1-16(25)23(21(27)22(28)29-15-18-10-6-3-7-11-18)24-19(14-20(24)26)13-12-17-8-4-2-5-9-17;1-2-5-4-6(3-1)7-5/h2-13,19,21,27H,14-15H2,1H3;1-4H. The van der Waals surface area contributed by atoms with Gasteiger partial charge in [0.05, 0.1) is 12.5 Å². The number of fused-ring (bicyclic) bond motifs is 2. The highest BCUT2D eigenvalue weighted by Gasteiger charge is 2.44. The molecule has 2 unspecified atom stereocenters. The predicted molar refractivity (Wildman–Crippen MR) is 132 cm³/mol. The molecule has 0 radical (unpaired) electrons. The molecule has 2 amide bonds. The van der Waals surface area contributed by atoms with Crippen molar-refractivity contribution in [1.29, 1.82) is 0 Å². The summed E-state index contributed by atoms with van der Waals surface area (Å²) in [6.07, 6.45) is 1.85. The van der Waals surface area contributed by atoms with E-state index in [4.69, 9.17) is 9.47 Å². The van der Waals surface area contributed by atoms with Crippen molar-refractivity contribution in [3.63, 3.8) is 0 Å². The fourth-order valence-electron chi connectivity index (χ4n) is 3.67. The molecule has 1 N–H and O–H groups in total. The van der Waals surface area contributed by atoms with Crippen molar-refractivity contribution in [2.75, 3.05) is 0 Å². The first kappa shape index (κ1) is 24.7. The fraction of sp³-hybridized carbons (Fsp3) is 0.179. The maximum atomic E-state index is 12.3. The third-order valence-corrected chi connectivity index (χ3v) is 5.53. The number of carbonyl (C=O) groups excluding carboxylic acids is 3. The Balaban J connectivity index is 0.000000367. The molecule has 2 bridgehead atoms. The molecule has 184 valence electrons. The molecule has 8 heteroatoms. The van der Waals surface area contributed by atoms with Gasteiger partial charge in [-0.25, -0.2) is 14.8 Å². The SMILES string of the molecule is CC(=O)N(C(O)C(=O)OCc1ccccc1)N1C(=O)CC1C=Cc1ccccc1.c1cc2cc(c1)O2. The number of aliphatic hydroxyl groups excluding tert-OH is 1. The normalized spacial score (nSPS) is 16.0. The van der Waals surface area contributed by atoms with E-state index in [0.29, 0.717) is 0 Å². The van der Waals surface area contributed by atoms with Crippen LogP contribution >= 0.6 is 0 Å². The Morgan fingerprint density at radius 3 is 2.17 bits per heavy atom. The van der Waals surface area contributed by atoms with Crippen molar-refractivity contribution in [1.82, 2.24) is 10.0 Å². The summed E-state index contributed by atoms with van der Waals surface area (Å²) in [5, 5.41) is 12.2. The number of rotatable bonds is 7. The lowest BCUT2D eigenvalue weighted by Gasteiger charge is -2.46. The zero-order valence-electron chi connectivity index (χ0n) is 19.7. The number of β-lactam (4-membered cyclic amide) rings is 1. The first-order chi connectivity index (χ1) is 17.4. The molecule has 0 aromatic heterocycles. The monoisotopic (exact) mass is 486 g/mol. The largest absolute Gasteiger partial charge is 0.457 e.